The van der Waals surface area contributed by atoms with E-state index in [1.54, 1.807) is 24.4 Å². The molecule has 0 spiro atoms. The summed E-state index contributed by atoms with van der Waals surface area (Å²) in [7, 11) is 1.93. The van der Waals surface area contributed by atoms with E-state index in [4.69, 9.17) is 23.2 Å². The summed E-state index contributed by atoms with van der Waals surface area (Å²) >= 11 is 12.1. The lowest BCUT2D eigenvalue weighted by atomic mass is 10.1. The third kappa shape index (κ3) is 3.63. The number of piperazine rings is 1. The van der Waals surface area contributed by atoms with Crippen LogP contribution in [0.15, 0.2) is 30.6 Å². The molecule has 1 atom stereocenters. The standard InChI is InChI=1S/C15H16Cl2N4O.ClH/c1-20-6-5-19-14(20)13-9-18-4-7-21(13)15(22)11-3-2-10(16)8-12(11)17;/h2-3,5-6,8,13,18H,4,7,9H2,1H3;1H. The molecule has 0 bridgehead atoms. The van der Waals surface area contributed by atoms with Crippen molar-refractivity contribution in [3.63, 3.8) is 0 Å². The van der Waals surface area contributed by atoms with Crippen LogP contribution in [0.3, 0.4) is 0 Å². The van der Waals surface area contributed by atoms with E-state index in [1.165, 1.54) is 0 Å². The molecule has 1 aromatic carbocycles. The molecule has 1 saturated heterocycles. The molecular formula is C15H17Cl3N4O. The summed E-state index contributed by atoms with van der Waals surface area (Å²) in [6.07, 6.45) is 3.61. The molecule has 1 unspecified atom stereocenters. The van der Waals surface area contributed by atoms with Gasteiger partial charge in [-0.1, -0.05) is 23.2 Å². The highest BCUT2D eigenvalue weighted by Gasteiger charge is 2.31. The number of hydrogen-bond acceptors (Lipinski definition) is 3. The van der Waals surface area contributed by atoms with E-state index < -0.39 is 0 Å². The van der Waals surface area contributed by atoms with Crippen molar-refractivity contribution in [1.29, 1.82) is 0 Å². The average molecular weight is 376 g/mol. The number of carbonyl (C=O) groups is 1. The molecule has 3 rings (SSSR count). The first kappa shape index (κ1) is 18.1. The second kappa shape index (κ2) is 7.53. The molecule has 0 aliphatic carbocycles. The third-order valence-corrected chi connectivity index (χ3v) is 4.37. The maximum absolute atomic E-state index is 12.9. The van der Waals surface area contributed by atoms with Crippen LogP contribution in [0.2, 0.25) is 10.0 Å². The molecule has 1 aliphatic rings. The molecule has 1 N–H and O–H groups in total. The number of nitrogens with zero attached hydrogens (tertiary/aromatic N) is 3. The van der Waals surface area contributed by atoms with Crippen LogP contribution in [-0.2, 0) is 7.05 Å². The summed E-state index contributed by atoms with van der Waals surface area (Å²) in [5, 5.41) is 4.20. The highest BCUT2D eigenvalue weighted by atomic mass is 35.5. The number of carbonyl (C=O) groups excluding carboxylic acids is 1. The zero-order valence-electron chi connectivity index (χ0n) is 12.5. The molecule has 0 radical (unpaired) electrons. The molecule has 1 aromatic heterocycles. The molecule has 1 aliphatic heterocycles. The fourth-order valence-electron chi connectivity index (χ4n) is 2.69. The monoisotopic (exact) mass is 374 g/mol. The van der Waals surface area contributed by atoms with E-state index in [0.29, 0.717) is 28.7 Å². The number of rotatable bonds is 2. The highest BCUT2D eigenvalue weighted by molar-refractivity contribution is 6.36. The molecule has 124 valence electrons. The van der Waals surface area contributed by atoms with Gasteiger partial charge in [-0.3, -0.25) is 4.79 Å². The van der Waals surface area contributed by atoms with Crippen LogP contribution in [0, 0.1) is 0 Å². The van der Waals surface area contributed by atoms with Gasteiger partial charge in [-0.15, -0.1) is 12.4 Å². The first-order chi connectivity index (χ1) is 10.6. The predicted octanol–water partition coefficient (Wildman–Crippen LogP) is 2.94. The highest BCUT2D eigenvalue weighted by Crippen LogP contribution is 2.27. The summed E-state index contributed by atoms with van der Waals surface area (Å²) in [4.78, 5) is 19.1. The number of aromatic nitrogens is 2. The number of imidazole rings is 1. The van der Waals surface area contributed by atoms with Gasteiger partial charge in [0.05, 0.1) is 10.6 Å². The Hall–Kier alpha value is -1.27. The van der Waals surface area contributed by atoms with Crippen LogP contribution in [0.4, 0.5) is 0 Å². The topological polar surface area (TPSA) is 50.2 Å². The van der Waals surface area contributed by atoms with E-state index in [2.05, 4.69) is 10.3 Å². The lowest BCUT2D eigenvalue weighted by Gasteiger charge is -2.36. The van der Waals surface area contributed by atoms with Gasteiger partial charge in [0.1, 0.15) is 11.9 Å². The minimum Gasteiger partial charge on any atom is -0.336 e. The summed E-state index contributed by atoms with van der Waals surface area (Å²) in [5.41, 5.74) is 0.465. The van der Waals surface area contributed by atoms with Gasteiger partial charge in [0.25, 0.3) is 5.91 Å². The molecule has 0 saturated carbocycles. The Balaban J connectivity index is 0.00000192. The number of nitrogens with one attached hydrogen (secondary N) is 1. The lowest BCUT2D eigenvalue weighted by Crippen LogP contribution is -2.49. The Bertz CT molecular complexity index is 704. The molecular weight excluding hydrogens is 359 g/mol. The zero-order valence-corrected chi connectivity index (χ0v) is 14.8. The molecule has 2 aromatic rings. The van der Waals surface area contributed by atoms with Crippen LogP contribution >= 0.6 is 35.6 Å². The van der Waals surface area contributed by atoms with Gasteiger partial charge in [-0.25, -0.2) is 4.98 Å². The maximum Gasteiger partial charge on any atom is 0.256 e. The van der Waals surface area contributed by atoms with Crippen molar-refractivity contribution >= 4 is 41.5 Å². The summed E-state index contributed by atoms with van der Waals surface area (Å²) < 4.78 is 1.93. The minimum absolute atomic E-state index is 0. The number of hydrogen-bond donors (Lipinski definition) is 1. The van der Waals surface area contributed by atoms with Crippen molar-refractivity contribution in [3.8, 4) is 0 Å². The predicted molar refractivity (Wildman–Crippen MR) is 93.6 cm³/mol. The van der Waals surface area contributed by atoms with Gasteiger partial charge >= 0.3 is 0 Å². The largest absolute Gasteiger partial charge is 0.336 e. The van der Waals surface area contributed by atoms with E-state index in [-0.39, 0.29) is 24.4 Å². The number of amides is 1. The van der Waals surface area contributed by atoms with Crippen molar-refractivity contribution in [2.45, 2.75) is 6.04 Å². The first-order valence-electron chi connectivity index (χ1n) is 7.02. The molecule has 23 heavy (non-hydrogen) atoms. The van der Waals surface area contributed by atoms with Crippen LogP contribution in [-0.4, -0.2) is 40.0 Å². The van der Waals surface area contributed by atoms with Crippen molar-refractivity contribution in [1.82, 2.24) is 19.8 Å². The van der Waals surface area contributed by atoms with Crippen LogP contribution < -0.4 is 5.32 Å². The van der Waals surface area contributed by atoms with E-state index in [1.807, 2.05) is 22.7 Å². The van der Waals surface area contributed by atoms with E-state index in [0.717, 1.165) is 12.4 Å². The van der Waals surface area contributed by atoms with Gasteiger partial charge in [-0.2, -0.15) is 0 Å². The molecule has 1 amide bonds. The second-order valence-electron chi connectivity index (χ2n) is 5.24. The van der Waals surface area contributed by atoms with E-state index in [9.17, 15) is 4.79 Å². The SMILES string of the molecule is Cl.Cn1ccnc1C1CNCCN1C(=O)c1ccc(Cl)cc1Cl. The van der Waals surface area contributed by atoms with Gasteiger partial charge in [0.2, 0.25) is 0 Å². The van der Waals surface area contributed by atoms with Crippen LogP contribution in [0.25, 0.3) is 0 Å². The number of benzene rings is 1. The Morgan fingerprint density at radius 3 is 2.83 bits per heavy atom. The number of aryl methyl sites for hydroxylation is 1. The Kier molecular flexibility index (Phi) is 5.92. The maximum atomic E-state index is 12.9. The second-order valence-corrected chi connectivity index (χ2v) is 6.08. The minimum atomic E-state index is -0.118. The van der Waals surface area contributed by atoms with Crippen molar-refractivity contribution in [2.75, 3.05) is 19.6 Å². The smallest absolute Gasteiger partial charge is 0.256 e. The van der Waals surface area contributed by atoms with Crippen molar-refractivity contribution in [3.05, 3.63) is 52.0 Å². The zero-order chi connectivity index (χ0) is 15.7. The summed E-state index contributed by atoms with van der Waals surface area (Å²) in [6.45, 7) is 2.02. The van der Waals surface area contributed by atoms with E-state index >= 15 is 0 Å². The molecule has 5 nitrogen and oxygen atoms in total. The molecule has 8 heteroatoms. The normalized spacial score (nSPS) is 17.7. The van der Waals surface area contributed by atoms with Gasteiger partial charge in [0.15, 0.2) is 0 Å². The Morgan fingerprint density at radius 1 is 1.39 bits per heavy atom. The summed E-state index contributed by atoms with van der Waals surface area (Å²) in [6, 6.07) is 4.82. The first-order valence-corrected chi connectivity index (χ1v) is 7.77. The fraction of sp³-hybridized carbons (Fsp3) is 0.333. The fourth-order valence-corrected chi connectivity index (χ4v) is 3.18. The lowest BCUT2D eigenvalue weighted by molar-refractivity contribution is 0.0621. The van der Waals surface area contributed by atoms with Gasteiger partial charge < -0.3 is 14.8 Å². The van der Waals surface area contributed by atoms with Crippen molar-refractivity contribution in [2.24, 2.45) is 7.05 Å². The third-order valence-electron chi connectivity index (χ3n) is 3.82. The average Bonchev–Trinajstić information content (AvgIpc) is 2.93. The molecule has 1 fully saturated rings. The Labute approximate surface area is 151 Å². The van der Waals surface area contributed by atoms with Crippen LogP contribution in [0.5, 0.6) is 0 Å². The van der Waals surface area contributed by atoms with Crippen LogP contribution in [0.1, 0.15) is 22.2 Å². The quantitative estimate of drug-likeness (QED) is 0.878. The molecule has 2 heterocycles. The Morgan fingerprint density at radius 2 is 2.17 bits per heavy atom. The summed E-state index contributed by atoms with van der Waals surface area (Å²) in [5.74, 6) is 0.752. The van der Waals surface area contributed by atoms with Crippen molar-refractivity contribution < 1.29 is 4.79 Å². The number of halogens is 3. The van der Waals surface area contributed by atoms with Gasteiger partial charge in [0, 0.05) is 44.1 Å². The van der Waals surface area contributed by atoms with Gasteiger partial charge in [-0.05, 0) is 18.2 Å².